The van der Waals surface area contributed by atoms with Gasteiger partial charge in [0.15, 0.2) is 0 Å². The van der Waals surface area contributed by atoms with Crippen molar-refractivity contribution >= 4 is 21.6 Å². The molecule has 1 N–H and O–H groups in total. The first-order chi connectivity index (χ1) is 12.9. The molecule has 0 unspecified atom stereocenters. The molecule has 27 heavy (non-hydrogen) atoms. The van der Waals surface area contributed by atoms with Gasteiger partial charge in [-0.25, -0.2) is 12.8 Å². The van der Waals surface area contributed by atoms with Gasteiger partial charge in [0, 0.05) is 24.3 Å². The Morgan fingerprint density at radius 2 is 1.59 bits per heavy atom. The van der Waals surface area contributed by atoms with Crippen LogP contribution in [0.25, 0.3) is 0 Å². The zero-order valence-corrected chi connectivity index (χ0v) is 16.0. The second-order valence-electron chi connectivity index (χ2n) is 6.80. The van der Waals surface area contributed by atoms with Crippen LogP contribution in [-0.4, -0.2) is 31.7 Å². The SMILES string of the molecule is CN(C1CCCCC1)S(=O)(=O)c1ccc(C(=O)Nc2ccc(F)cc2)cc1. The Balaban J connectivity index is 1.71. The average molecular weight is 390 g/mol. The van der Waals surface area contributed by atoms with E-state index in [-0.39, 0.29) is 22.7 Å². The Morgan fingerprint density at radius 3 is 2.19 bits per heavy atom. The molecule has 0 bridgehead atoms. The molecule has 2 aromatic rings. The maximum Gasteiger partial charge on any atom is 0.255 e. The Labute approximate surface area is 159 Å². The van der Waals surface area contributed by atoms with Crippen molar-refractivity contribution in [2.45, 2.75) is 43.0 Å². The molecule has 0 spiro atoms. The summed E-state index contributed by atoms with van der Waals surface area (Å²) in [6.07, 6.45) is 5.02. The number of nitrogens with one attached hydrogen (secondary N) is 1. The summed E-state index contributed by atoms with van der Waals surface area (Å²) in [4.78, 5) is 12.5. The van der Waals surface area contributed by atoms with Crippen molar-refractivity contribution in [3.8, 4) is 0 Å². The van der Waals surface area contributed by atoms with E-state index in [1.807, 2.05) is 0 Å². The van der Waals surface area contributed by atoms with Gasteiger partial charge in [0.1, 0.15) is 5.82 Å². The summed E-state index contributed by atoms with van der Waals surface area (Å²) in [6.45, 7) is 0. The summed E-state index contributed by atoms with van der Waals surface area (Å²) < 4.78 is 40.0. The van der Waals surface area contributed by atoms with Gasteiger partial charge in [-0.05, 0) is 61.4 Å². The fourth-order valence-electron chi connectivity index (χ4n) is 3.32. The lowest BCUT2D eigenvalue weighted by atomic mass is 9.96. The molecule has 2 aromatic carbocycles. The lowest BCUT2D eigenvalue weighted by Crippen LogP contribution is -2.38. The summed E-state index contributed by atoms with van der Waals surface area (Å²) in [5.41, 5.74) is 0.800. The smallest absolute Gasteiger partial charge is 0.255 e. The van der Waals surface area contributed by atoms with Crippen LogP contribution < -0.4 is 5.32 Å². The predicted octanol–water partition coefficient (Wildman–Crippen LogP) is 4.03. The van der Waals surface area contributed by atoms with Crippen LogP contribution >= 0.6 is 0 Å². The third-order valence-electron chi connectivity index (χ3n) is 4.98. The highest BCUT2D eigenvalue weighted by atomic mass is 32.2. The van der Waals surface area contributed by atoms with Crippen LogP contribution in [0.2, 0.25) is 0 Å². The summed E-state index contributed by atoms with van der Waals surface area (Å²) in [6, 6.07) is 11.4. The number of sulfonamides is 1. The highest BCUT2D eigenvalue weighted by molar-refractivity contribution is 7.89. The van der Waals surface area contributed by atoms with Gasteiger partial charge in [0.2, 0.25) is 10.0 Å². The molecule has 1 fully saturated rings. The largest absolute Gasteiger partial charge is 0.322 e. The van der Waals surface area contributed by atoms with Gasteiger partial charge in [-0.2, -0.15) is 4.31 Å². The minimum atomic E-state index is -3.58. The van der Waals surface area contributed by atoms with E-state index in [2.05, 4.69) is 5.32 Å². The maximum absolute atomic E-state index is 12.9. The summed E-state index contributed by atoms with van der Waals surface area (Å²) in [5.74, 6) is -0.768. The molecular formula is C20H23FN2O3S. The molecule has 1 aliphatic rings. The minimum Gasteiger partial charge on any atom is -0.322 e. The summed E-state index contributed by atoms with van der Waals surface area (Å²) >= 11 is 0. The van der Waals surface area contributed by atoms with Gasteiger partial charge >= 0.3 is 0 Å². The van der Waals surface area contributed by atoms with Crippen LogP contribution in [0.5, 0.6) is 0 Å². The molecule has 0 heterocycles. The molecule has 144 valence electrons. The minimum absolute atomic E-state index is 0.0326. The number of amides is 1. The highest BCUT2D eigenvalue weighted by Crippen LogP contribution is 2.26. The van der Waals surface area contributed by atoms with E-state index in [1.54, 1.807) is 7.05 Å². The van der Waals surface area contributed by atoms with E-state index in [1.165, 1.54) is 52.8 Å². The standard InChI is InChI=1S/C20H23FN2O3S/c1-23(18-5-3-2-4-6-18)27(25,26)19-13-7-15(8-14-19)20(24)22-17-11-9-16(21)10-12-17/h7-14,18H,2-6H2,1H3,(H,22,24). The molecule has 0 aromatic heterocycles. The Bertz CT molecular complexity index is 890. The number of benzene rings is 2. The number of halogens is 1. The average Bonchev–Trinajstić information content (AvgIpc) is 2.70. The van der Waals surface area contributed by atoms with Crippen LogP contribution in [0.3, 0.4) is 0 Å². The molecule has 3 rings (SSSR count). The molecular weight excluding hydrogens is 367 g/mol. The number of rotatable bonds is 5. The molecule has 1 aliphatic carbocycles. The Morgan fingerprint density at radius 1 is 1.00 bits per heavy atom. The van der Waals surface area contributed by atoms with E-state index in [9.17, 15) is 17.6 Å². The molecule has 0 aliphatic heterocycles. The van der Waals surface area contributed by atoms with E-state index < -0.39 is 10.0 Å². The van der Waals surface area contributed by atoms with Crippen molar-refractivity contribution in [3.05, 3.63) is 59.9 Å². The lowest BCUT2D eigenvalue weighted by Gasteiger charge is -2.30. The fraction of sp³-hybridized carbons (Fsp3) is 0.350. The first kappa shape index (κ1) is 19.5. The van der Waals surface area contributed by atoms with E-state index in [4.69, 9.17) is 0 Å². The van der Waals surface area contributed by atoms with Crippen molar-refractivity contribution < 1.29 is 17.6 Å². The first-order valence-corrected chi connectivity index (χ1v) is 10.5. The normalized spacial score (nSPS) is 15.7. The van der Waals surface area contributed by atoms with Crippen molar-refractivity contribution in [3.63, 3.8) is 0 Å². The Kier molecular flexibility index (Phi) is 5.92. The van der Waals surface area contributed by atoms with Crippen molar-refractivity contribution in [2.75, 3.05) is 12.4 Å². The van der Waals surface area contributed by atoms with Crippen LogP contribution in [-0.2, 0) is 10.0 Å². The van der Waals surface area contributed by atoms with Crippen LogP contribution in [0.1, 0.15) is 42.5 Å². The zero-order valence-electron chi connectivity index (χ0n) is 15.2. The molecule has 1 amide bonds. The maximum atomic E-state index is 12.9. The molecule has 7 heteroatoms. The van der Waals surface area contributed by atoms with Crippen molar-refractivity contribution in [1.82, 2.24) is 4.31 Å². The van der Waals surface area contributed by atoms with Crippen LogP contribution in [0.4, 0.5) is 10.1 Å². The molecule has 0 atom stereocenters. The second kappa shape index (κ2) is 8.19. The second-order valence-corrected chi connectivity index (χ2v) is 8.80. The van der Waals surface area contributed by atoms with Crippen molar-refractivity contribution in [1.29, 1.82) is 0 Å². The fourth-order valence-corrected chi connectivity index (χ4v) is 4.74. The van der Waals surface area contributed by atoms with Gasteiger partial charge in [0.25, 0.3) is 5.91 Å². The summed E-state index contributed by atoms with van der Waals surface area (Å²) in [5, 5.41) is 2.65. The highest BCUT2D eigenvalue weighted by Gasteiger charge is 2.29. The van der Waals surface area contributed by atoms with Gasteiger partial charge in [-0.3, -0.25) is 4.79 Å². The monoisotopic (exact) mass is 390 g/mol. The van der Waals surface area contributed by atoms with Crippen molar-refractivity contribution in [2.24, 2.45) is 0 Å². The number of carbonyl (C=O) groups is 1. The molecule has 5 nitrogen and oxygen atoms in total. The van der Waals surface area contributed by atoms with E-state index >= 15 is 0 Å². The zero-order chi connectivity index (χ0) is 19.4. The number of carbonyl (C=O) groups excluding carboxylic acids is 1. The quantitative estimate of drug-likeness (QED) is 0.838. The number of anilines is 1. The summed E-state index contributed by atoms with van der Waals surface area (Å²) in [7, 11) is -1.96. The third kappa shape index (κ3) is 4.54. The van der Waals surface area contributed by atoms with E-state index in [0.29, 0.717) is 11.3 Å². The number of hydrogen-bond acceptors (Lipinski definition) is 3. The predicted molar refractivity (Wildman–Crippen MR) is 103 cm³/mol. The van der Waals surface area contributed by atoms with Gasteiger partial charge < -0.3 is 5.32 Å². The van der Waals surface area contributed by atoms with Crippen LogP contribution in [0.15, 0.2) is 53.4 Å². The molecule has 0 saturated heterocycles. The molecule has 0 radical (unpaired) electrons. The molecule has 1 saturated carbocycles. The lowest BCUT2D eigenvalue weighted by molar-refractivity contribution is 0.102. The third-order valence-corrected chi connectivity index (χ3v) is 6.91. The topological polar surface area (TPSA) is 66.5 Å². The first-order valence-electron chi connectivity index (χ1n) is 9.03. The van der Waals surface area contributed by atoms with Gasteiger partial charge in [-0.15, -0.1) is 0 Å². The van der Waals surface area contributed by atoms with E-state index in [0.717, 1.165) is 32.1 Å². The Hall–Kier alpha value is -2.25. The number of hydrogen-bond donors (Lipinski definition) is 1. The van der Waals surface area contributed by atoms with Crippen LogP contribution in [0, 0.1) is 5.82 Å². The van der Waals surface area contributed by atoms with Gasteiger partial charge in [-0.1, -0.05) is 19.3 Å². The van der Waals surface area contributed by atoms with Gasteiger partial charge in [0.05, 0.1) is 4.90 Å². The number of nitrogens with zero attached hydrogens (tertiary/aromatic N) is 1.